The fourth-order valence-corrected chi connectivity index (χ4v) is 3.51. The number of aromatic nitrogens is 1. The summed E-state index contributed by atoms with van der Waals surface area (Å²) in [6.45, 7) is 8.25. The zero-order valence-electron chi connectivity index (χ0n) is 14.9. The van der Waals surface area contributed by atoms with Gasteiger partial charge in [-0.3, -0.25) is 4.99 Å². The molecular weight excluding hydrogens is 304 g/mol. The van der Waals surface area contributed by atoms with Crippen LogP contribution < -0.4 is 10.6 Å². The van der Waals surface area contributed by atoms with Crippen LogP contribution in [0.5, 0.6) is 0 Å². The Kier molecular flexibility index (Phi) is 6.63. The van der Waals surface area contributed by atoms with Gasteiger partial charge in [0.05, 0.1) is 17.2 Å². The van der Waals surface area contributed by atoms with Crippen LogP contribution >= 0.6 is 11.3 Å². The SMILES string of the molecule is CN=C(NCCC1=CCCCC1)NCc1csc(C(C)(C)C)n1. The lowest BCUT2D eigenvalue weighted by Gasteiger charge is -2.15. The van der Waals surface area contributed by atoms with Gasteiger partial charge in [0.2, 0.25) is 0 Å². The fourth-order valence-electron chi connectivity index (χ4n) is 2.60. The molecule has 1 aliphatic rings. The van der Waals surface area contributed by atoms with Gasteiger partial charge in [0.1, 0.15) is 0 Å². The Labute approximate surface area is 144 Å². The quantitative estimate of drug-likeness (QED) is 0.486. The molecule has 1 aromatic rings. The van der Waals surface area contributed by atoms with E-state index in [-0.39, 0.29) is 5.41 Å². The highest BCUT2D eigenvalue weighted by atomic mass is 32.1. The second-order valence-corrected chi connectivity index (χ2v) is 7.96. The smallest absolute Gasteiger partial charge is 0.191 e. The van der Waals surface area contributed by atoms with Gasteiger partial charge in [-0.2, -0.15) is 0 Å². The normalized spacial score (nSPS) is 16.2. The van der Waals surface area contributed by atoms with E-state index in [0.29, 0.717) is 0 Å². The first-order valence-corrected chi connectivity index (χ1v) is 9.44. The highest BCUT2D eigenvalue weighted by Crippen LogP contribution is 2.25. The monoisotopic (exact) mass is 334 g/mol. The van der Waals surface area contributed by atoms with Gasteiger partial charge in [-0.05, 0) is 32.1 Å². The Morgan fingerprint density at radius 2 is 2.13 bits per heavy atom. The van der Waals surface area contributed by atoms with Gasteiger partial charge < -0.3 is 10.6 Å². The second kappa shape index (κ2) is 8.48. The van der Waals surface area contributed by atoms with E-state index >= 15 is 0 Å². The van der Waals surface area contributed by atoms with Crippen molar-refractivity contribution in [1.29, 1.82) is 0 Å². The predicted octanol–water partition coefficient (Wildman–Crippen LogP) is 4.00. The van der Waals surface area contributed by atoms with Crippen molar-refractivity contribution in [2.75, 3.05) is 13.6 Å². The molecule has 0 aliphatic heterocycles. The summed E-state index contributed by atoms with van der Waals surface area (Å²) >= 11 is 1.73. The first-order chi connectivity index (χ1) is 11.0. The van der Waals surface area contributed by atoms with Crippen molar-refractivity contribution in [2.45, 2.75) is 64.8 Å². The zero-order valence-corrected chi connectivity index (χ0v) is 15.7. The molecule has 1 heterocycles. The minimum atomic E-state index is 0.122. The van der Waals surface area contributed by atoms with Gasteiger partial charge in [-0.15, -0.1) is 11.3 Å². The van der Waals surface area contributed by atoms with Crippen LogP contribution in [0, 0.1) is 0 Å². The van der Waals surface area contributed by atoms with E-state index in [4.69, 9.17) is 4.98 Å². The number of thiazole rings is 1. The maximum absolute atomic E-state index is 4.71. The van der Waals surface area contributed by atoms with E-state index < -0.39 is 0 Å². The van der Waals surface area contributed by atoms with Crippen molar-refractivity contribution in [3.8, 4) is 0 Å². The summed E-state index contributed by atoms with van der Waals surface area (Å²) in [6, 6.07) is 0. The van der Waals surface area contributed by atoms with Gasteiger partial charge in [0.15, 0.2) is 5.96 Å². The Hall–Kier alpha value is -1.36. The molecular formula is C18H30N4S. The van der Waals surface area contributed by atoms with Crippen LogP contribution in [0.4, 0.5) is 0 Å². The molecule has 1 aromatic heterocycles. The largest absolute Gasteiger partial charge is 0.356 e. The summed E-state index contributed by atoms with van der Waals surface area (Å²) < 4.78 is 0. The van der Waals surface area contributed by atoms with Gasteiger partial charge in [0.25, 0.3) is 0 Å². The molecule has 128 valence electrons. The molecule has 0 aromatic carbocycles. The molecule has 0 radical (unpaired) electrons. The molecule has 2 rings (SSSR count). The molecule has 0 saturated heterocycles. The third-order valence-corrected chi connectivity index (χ3v) is 5.29. The maximum Gasteiger partial charge on any atom is 0.191 e. The molecule has 1 aliphatic carbocycles. The minimum absolute atomic E-state index is 0.122. The molecule has 0 spiro atoms. The van der Waals surface area contributed by atoms with Crippen LogP contribution in [0.2, 0.25) is 0 Å². The van der Waals surface area contributed by atoms with Crippen molar-refractivity contribution in [1.82, 2.24) is 15.6 Å². The molecule has 0 unspecified atom stereocenters. The highest BCUT2D eigenvalue weighted by Gasteiger charge is 2.17. The number of nitrogens with zero attached hydrogens (tertiary/aromatic N) is 2. The van der Waals surface area contributed by atoms with Crippen molar-refractivity contribution in [3.05, 3.63) is 27.7 Å². The first kappa shape index (κ1) is 18.0. The number of rotatable bonds is 5. The van der Waals surface area contributed by atoms with Gasteiger partial charge in [-0.1, -0.05) is 32.4 Å². The van der Waals surface area contributed by atoms with Crippen LogP contribution in [0.25, 0.3) is 0 Å². The Morgan fingerprint density at radius 1 is 1.30 bits per heavy atom. The van der Waals surface area contributed by atoms with Crippen molar-refractivity contribution >= 4 is 17.3 Å². The van der Waals surface area contributed by atoms with E-state index in [2.05, 4.69) is 47.9 Å². The summed E-state index contributed by atoms with van der Waals surface area (Å²) in [7, 11) is 1.82. The molecule has 0 amide bonds. The summed E-state index contributed by atoms with van der Waals surface area (Å²) in [5.41, 5.74) is 2.79. The van der Waals surface area contributed by atoms with Gasteiger partial charge in [-0.25, -0.2) is 4.98 Å². The molecule has 0 atom stereocenters. The van der Waals surface area contributed by atoms with Crippen LogP contribution in [0.3, 0.4) is 0 Å². The highest BCUT2D eigenvalue weighted by molar-refractivity contribution is 7.09. The summed E-state index contributed by atoms with van der Waals surface area (Å²) in [5, 5.41) is 10.1. The zero-order chi connectivity index (χ0) is 16.7. The van der Waals surface area contributed by atoms with Gasteiger partial charge in [0, 0.05) is 24.4 Å². The lowest BCUT2D eigenvalue weighted by atomic mass is 9.97. The lowest BCUT2D eigenvalue weighted by Crippen LogP contribution is -2.37. The average Bonchev–Trinajstić information content (AvgIpc) is 3.01. The minimum Gasteiger partial charge on any atom is -0.356 e. The average molecular weight is 335 g/mol. The third kappa shape index (κ3) is 5.98. The number of aliphatic imine (C=N–C) groups is 1. The molecule has 23 heavy (non-hydrogen) atoms. The Morgan fingerprint density at radius 3 is 2.74 bits per heavy atom. The molecule has 0 fully saturated rings. The topological polar surface area (TPSA) is 49.3 Å². The number of guanidine groups is 1. The summed E-state index contributed by atoms with van der Waals surface area (Å²) in [6.07, 6.45) is 8.74. The molecule has 4 nitrogen and oxygen atoms in total. The van der Waals surface area contributed by atoms with Crippen molar-refractivity contribution < 1.29 is 0 Å². The second-order valence-electron chi connectivity index (χ2n) is 7.10. The Balaban J connectivity index is 1.74. The van der Waals surface area contributed by atoms with Crippen molar-refractivity contribution in [3.63, 3.8) is 0 Å². The third-order valence-electron chi connectivity index (χ3n) is 3.98. The van der Waals surface area contributed by atoms with Crippen molar-refractivity contribution in [2.24, 2.45) is 4.99 Å². The number of allylic oxidation sites excluding steroid dienone is 1. The van der Waals surface area contributed by atoms with Crippen LogP contribution in [-0.2, 0) is 12.0 Å². The fraction of sp³-hybridized carbons (Fsp3) is 0.667. The summed E-state index contributed by atoms with van der Waals surface area (Å²) in [4.78, 5) is 9.00. The summed E-state index contributed by atoms with van der Waals surface area (Å²) in [5.74, 6) is 0.853. The number of hydrogen-bond donors (Lipinski definition) is 2. The standard InChI is InChI=1S/C18H30N4S/c1-18(2,3)16-22-15(13-23-16)12-21-17(19-4)20-11-10-14-8-6-5-7-9-14/h8,13H,5-7,9-12H2,1-4H3,(H2,19,20,21). The van der Waals surface area contributed by atoms with Gasteiger partial charge >= 0.3 is 0 Å². The van der Waals surface area contributed by atoms with Crippen LogP contribution in [0.1, 0.15) is 63.6 Å². The van der Waals surface area contributed by atoms with E-state index in [1.807, 2.05) is 7.05 Å². The van der Waals surface area contributed by atoms with E-state index in [9.17, 15) is 0 Å². The van der Waals surface area contributed by atoms with Crippen LogP contribution in [-0.4, -0.2) is 24.5 Å². The number of hydrogen-bond acceptors (Lipinski definition) is 3. The number of nitrogens with one attached hydrogen (secondary N) is 2. The molecule has 0 saturated carbocycles. The van der Waals surface area contributed by atoms with E-state index in [1.54, 1.807) is 16.9 Å². The molecule has 5 heteroatoms. The van der Waals surface area contributed by atoms with E-state index in [0.717, 1.165) is 31.2 Å². The lowest BCUT2D eigenvalue weighted by molar-refractivity contribution is 0.582. The van der Waals surface area contributed by atoms with E-state index in [1.165, 1.54) is 30.7 Å². The van der Waals surface area contributed by atoms with Crippen LogP contribution in [0.15, 0.2) is 22.0 Å². The predicted molar refractivity (Wildman–Crippen MR) is 100 cm³/mol. The Bertz CT molecular complexity index is 552. The first-order valence-electron chi connectivity index (χ1n) is 8.56. The maximum atomic E-state index is 4.71. The molecule has 2 N–H and O–H groups in total. The molecule has 0 bridgehead atoms.